The van der Waals surface area contributed by atoms with Gasteiger partial charge < -0.3 is 9.90 Å². The van der Waals surface area contributed by atoms with E-state index in [1.807, 2.05) is 24.3 Å². The topological polar surface area (TPSA) is 40.1 Å². The third-order valence-corrected chi connectivity index (χ3v) is 3.95. The minimum Gasteiger partial charge on any atom is -0.550 e. The quantitative estimate of drug-likeness (QED) is 0.710. The molecule has 0 aliphatic carbocycles. The van der Waals surface area contributed by atoms with E-state index in [2.05, 4.69) is 18.4 Å². The van der Waals surface area contributed by atoms with Gasteiger partial charge in [0.1, 0.15) is 0 Å². The Morgan fingerprint density at radius 3 is 2.28 bits per heavy atom. The summed E-state index contributed by atoms with van der Waals surface area (Å²) in [5.74, 6) is -1.60. The van der Waals surface area contributed by atoms with Crippen molar-refractivity contribution in [3.05, 3.63) is 46.8 Å². The summed E-state index contributed by atoms with van der Waals surface area (Å²) >= 11 is 1.69. The van der Waals surface area contributed by atoms with Gasteiger partial charge in [-0.1, -0.05) is 31.2 Å². The molecule has 0 saturated carbocycles. The number of carboxylic acid groups (broad SMARTS) is 1. The zero-order valence-corrected chi connectivity index (χ0v) is 13.6. The van der Waals surface area contributed by atoms with Gasteiger partial charge in [-0.15, -0.1) is 11.3 Å². The van der Waals surface area contributed by atoms with Gasteiger partial charge >= 0.3 is 29.6 Å². The number of aryl methyl sites for hydroxylation is 1. The summed E-state index contributed by atoms with van der Waals surface area (Å²) in [5, 5.41) is 12.8. The number of benzene rings is 1. The molecule has 1 aromatic heterocycles. The third kappa shape index (κ3) is 3.23. The molecule has 0 N–H and O–H groups in total. The van der Waals surface area contributed by atoms with E-state index in [0.29, 0.717) is 0 Å². The number of carbonyl (C=O) groups is 1. The van der Waals surface area contributed by atoms with Gasteiger partial charge in [0, 0.05) is 16.8 Å². The zero-order valence-electron chi connectivity index (χ0n) is 10.8. The second kappa shape index (κ2) is 6.53. The Bertz CT molecular complexity index is 531. The molecule has 2 rings (SSSR count). The van der Waals surface area contributed by atoms with Crippen molar-refractivity contribution < 1.29 is 39.5 Å². The average molecular weight is 268 g/mol. The zero-order chi connectivity index (χ0) is 12.4. The van der Waals surface area contributed by atoms with Crippen LogP contribution in [0.4, 0.5) is 0 Å². The minimum absolute atomic E-state index is 0. The van der Waals surface area contributed by atoms with E-state index in [9.17, 15) is 9.90 Å². The summed E-state index contributed by atoms with van der Waals surface area (Å²) in [7, 11) is 0. The monoisotopic (exact) mass is 268 g/mol. The molecule has 0 aliphatic rings. The van der Waals surface area contributed by atoms with Crippen LogP contribution >= 0.6 is 11.3 Å². The van der Waals surface area contributed by atoms with Gasteiger partial charge in [0.05, 0.1) is 0 Å². The van der Waals surface area contributed by atoms with Crippen molar-refractivity contribution in [2.24, 2.45) is 0 Å². The summed E-state index contributed by atoms with van der Waals surface area (Å²) in [6.07, 6.45) is 0. The fourth-order valence-electron chi connectivity index (χ4n) is 1.73. The summed E-state index contributed by atoms with van der Waals surface area (Å²) in [4.78, 5) is 12.0. The van der Waals surface area contributed by atoms with Gasteiger partial charge in [0.25, 0.3) is 0 Å². The maximum absolute atomic E-state index is 10.8. The molecular formula is C14H13NaO2S. The van der Waals surface area contributed by atoms with E-state index in [1.165, 1.54) is 10.4 Å². The Morgan fingerprint density at radius 1 is 1.22 bits per heavy atom. The number of aliphatic carboxylic acids is 1. The molecule has 0 radical (unpaired) electrons. The maximum atomic E-state index is 10.8. The fraction of sp³-hybridized carbons (Fsp3) is 0.214. The number of hydrogen-bond donors (Lipinski definition) is 0. The summed E-state index contributed by atoms with van der Waals surface area (Å²) in [5.41, 5.74) is 3.16. The molecule has 0 fully saturated rings. The van der Waals surface area contributed by atoms with Crippen LogP contribution in [0.5, 0.6) is 0 Å². The number of carbonyl (C=O) groups excluding carboxylic acids is 1. The first kappa shape index (κ1) is 15.4. The average Bonchev–Trinajstić information content (AvgIpc) is 2.74. The van der Waals surface area contributed by atoms with Gasteiger partial charge in [-0.3, -0.25) is 0 Å². The number of rotatable bonds is 3. The molecule has 0 amide bonds. The Labute approximate surface area is 133 Å². The molecule has 1 aromatic carbocycles. The van der Waals surface area contributed by atoms with Crippen LogP contribution in [-0.4, -0.2) is 5.97 Å². The molecule has 1 unspecified atom stereocenters. The summed E-state index contributed by atoms with van der Waals surface area (Å²) < 4.78 is 0. The maximum Gasteiger partial charge on any atom is 1.00 e. The van der Waals surface area contributed by atoms with E-state index in [1.54, 1.807) is 18.3 Å². The van der Waals surface area contributed by atoms with Gasteiger partial charge in [-0.2, -0.15) is 0 Å². The molecule has 0 bridgehead atoms. The Kier molecular flexibility index (Phi) is 5.60. The van der Waals surface area contributed by atoms with E-state index >= 15 is 0 Å². The summed E-state index contributed by atoms with van der Waals surface area (Å²) in [6.45, 7) is 3.71. The van der Waals surface area contributed by atoms with Crippen LogP contribution in [0, 0.1) is 6.92 Å². The third-order valence-electron chi connectivity index (χ3n) is 2.89. The van der Waals surface area contributed by atoms with Crippen LogP contribution in [0.1, 0.15) is 24.0 Å². The number of thiophene rings is 1. The largest absolute Gasteiger partial charge is 1.00 e. The molecule has 0 aliphatic heterocycles. The molecule has 2 nitrogen and oxygen atoms in total. The van der Waals surface area contributed by atoms with Crippen LogP contribution in [-0.2, 0) is 4.79 Å². The van der Waals surface area contributed by atoms with E-state index in [-0.39, 0.29) is 29.6 Å². The molecule has 4 heteroatoms. The van der Waals surface area contributed by atoms with E-state index < -0.39 is 11.9 Å². The summed E-state index contributed by atoms with van der Waals surface area (Å²) in [6, 6.07) is 9.73. The van der Waals surface area contributed by atoms with Crippen molar-refractivity contribution in [1.82, 2.24) is 0 Å². The SMILES string of the molecule is Cc1ccsc1-c1ccc(C(C)C(=O)[O-])cc1.[Na+]. The predicted octanol–water partition coefficient (Wildman–Crippen LogP) is -0.419. The normalized spacial score (nSPS) is 11.7. The van der Waals surface area contributed by atoms with Crippen LogP contribution in [0.3, 0.4) is 0 Å². The molecule has 0 spiro atoms. The Balaban J connectivity index is 0.00000162. The van der Waals surface area contributed by atoms with Crippen molar-refractivity contribution >= 4 is 17.3 Å². The molecular weight excluding hydrogens is 255 g/mol. The first-order valence-corrected chi connectivity index (χ1v) is 6.33. The van der Waals surface area contributed by atoms with Crippen LogP contribution in [0.2, 0.25) is 0 Å². The van der Waals surface area contributed by atoms with Gasteiger partial charge in [0.2, 0.25) is 0 Å². The molecule has 88 valence electrons. The van der Waals surface area contributed by atoms with Crippen LogP contribution in [0.25, 0.3) is 10.4 Å². The first-order chi connectivity index (χ1) is 8.09. The Hall–Kier alpha value is -0.610. The molecule has 0 saturated heterocycles. The number of hydrogen-bond acceptors (Lipinski definition) is 3. The van der Waals surface area contributed by atoms with Crippen molar-refractivity contribution in [2.75, 3.05) is 0 Å². The fourth-order valence-corrected chi connectivity index (χ4v) is 2.66. The minimum atomic E-state index is -1.04. The molecule has 1 heterocycles. The standard InChI is InChI=1S/C14H14O2S.Na/c1-9-7-8-17-13(9)12-5-3-11(4-6-12)10(2)14(15)16;/h3-8,10H,1-2H3,(H,15,16);/q;+1/p-1. The first-order valence-electron chi connectivity index (χ1n) is 5.45. The van der Waals surface area contributed by atoms with Crippen molar-refractivity contribution in [3.8, 4) is 10.4 Å². The van der Waals surface area contributed by atoms with E-state index in [0.717, 1.165) is 11.1 Å². The Morgan fingerprint density at radius 2 is 1.83 bits per heavy atom. The van der Waals surface area contributed by atoms with Crippen LogP contribution in [0.15, 0.2) is 35.7 Å². The molecule has 2 aromatic rings. The van der Waals surface area contributed by atoms with Gasteiger partial charge in [-0.05, 0) is 35.1 Å². The van der Waals surface area contributed by atoms with E-state index in [4.69, 9.17) is 0 Å². The van der Waals surface area contributed by atoms with Crippen molar-refractivity contribution in [2.45, 2.75) is 19.8 Å². The number of carboxylic acids is 1. The van der Waals surface area contributed by atoms with Crippen molar-refractivity contribution in [3.63, 3.8) is 0 Å². The van der Waals surface area contributed by atoms with Gasteiger partial charge in [0.15, 0.2) is 0 Å². The predicted molar refractivity (Wildman–Crippen MR) is 67.9 cm³/mol. The second-order valence-electron chi connectivity index (χ2n) is 4.10. The molecule has 1 atom stereocenters. The molecule has 18 heavy (non-hydrogen) atoms. The smallest absolute Gasteiger partial charge is 0.550 e. The van der Waals surface area contributed by atoms with Crippen LogP contribution < -0.4 is 34.7 Å². The van der Waals surface area contributed by atoms with Gasteiger partial charge in [-0.25, -0.2) is 0 Å². The van der Waals surface area contributed by atoms with Crippen molar-refractivity contribution in [1.29, 1.82) is 0 Å². The second-order valence-corrected chi connectivity index (χ2v) is 5.01.